The van der Waals surface area contributed by atoms with Gasteiger partial charge < -0.3 is 11.1 Å². The van der Waals surface area contributed by atoms with Gasteiger partial charge in [-0.1, -0.05) is 27.7 Å². The van der Waals surface area contributed by atoms with Crippen LogP contribution in [0.25, 0.3) is 0 Å². The van der Waals surface area contributed by atoms with E-state index in [1.54, 1.807) is 4.68 Å². The predicted molar refractivity (Wildman–Crippen MR) is 64.7 cm³/mol. The van der Waals surface area contributed by atoms with Crippen LogP contribution in [-0.2, 0) is 7.05 Å². The fourth-order valence-electron chi connectivity index (χ4n) is 1.20. The molecular weight excluding hydrogens is 188 g/mol. The van der Waals surface area contributed by atoms with Gasteiger partial charge in [0.25, 0.3) is 0 Å². The number of nitrogens with one attached hydrogen (secondary N) is 1. The first kappa shape index (κ1) is 11.9. The van der Waals surface area contributed by atoms with Gasteiger partial charge in [0, 0.05) is 19.8 Å². The SMILES string of the molecule is CC(CNc1nn(C)cc1N)C(C)(C)C. The van der Waals surface area contributed by atoms with Crippen LogP contribution in [0.1, 0.15) is 27.7 Å². The highest BCUT2D eigenvalue weighted by Crippen LogP contribution is 2.26. The molecule has 86 valence electrons. The zero-order valence-corrected chi connectivity index (χ0v) is 10.3. The number of nitrogen functional groups attached to an aromatic ring is 1. The molecule has 0 aliphatic rings. The van der Waals surface area contributed by atoms with E-state index < -0.39 is 0 Å². The Labute approximate surface area is 91.8 Å². The average molecular weight is 210 g/mol. The zero-order valence-electron chi connectivity index (χ0n) is 10.3. The van der Waals surface area contributed by atoms with Gasteiger partial charge in [-0.2, -0.15) is 5.10 Å². The Hall–Kier alpha value is -1.19. The van der Waals surface area contributed by atoms with Crippen molar-refractivity contribution in [2.75, 3.05) is 17.6 Å². The molecule has 4 heteroatoms. The smallest absolute Gasteiger partial charge is 0.171 e. The summed E-state index contributed by atoms with van der Waals surface area (Å²) in [7, 11) is 1.87. The van der Waals surface area contributed by atoms with Gasteiger partial charge in [-0.25, -0.2) is 0 Å². The van der Waals surface area contributed by atoms with Crippen molar-refractivity contribution in [3.8, 4) is 0 Å². The molecule has 0 bridgehead atoms. The Kier molecular flexibility index (Phi) is 3.27. The second-order valence-corrected chi connectivity index (χ2v) is 5.25. The van der Waals surface area contributed by atoms with Gasteiger partial charge in [-0.15, -0.1) is 0 Å². The number of hydrogen-bond acceptors (Lipinski definition) is 3. The largest absolute Gasteiger partial charge is 0.394 e. The van der Waals surface area contributed by atoms with E-state index in [-0.39, 0.29) is 0 Å². The van der Waals surface area contributed by atoms with Crippen LogP contribution in [0.15, 0.2) is 6.20 Å². The topological polar surface area (TPSA) is 55.9 Å². The molecule has 15 heavy (non-hydrogen) atoms. The van der Waals surface area contributed by atoms with Gasteiger partial charge in [-0.3, -0.25) is 4.68 Å². The minimum atomic E-state index is 0.302. The van der Waals surface area contributed by atoms with Crippen molar-refractivity contribution in [2.24, 2.45) is 18.4 Å². The summed E-state index contributed by atoms with van der Waals surface area (Å²) in [6.07, 6.45) is 1.81. The number of rotatable bonds is 3. The molecule has 0 spiro atoms. The Bertz CT molecular complexity index is 322. The van der Waals surface area contributed by atoms with Gasteiger partial charge in [0.15, 0.2) is 5.82 Å². The fourth-order valence-corrected chi connectivity index (χ4v) is 1.20. The van der Waals surface area contributed by atoms with E-state index in [9.17, 15) is 0 Å². The van der Waals surface area contributed by atoms with Gasteiger partial charge >= 0.3 is 0 Å². The third kappa shape index (κ3) is 3.15. The summed E-state index contributed by atoms with van der Waals surface area (Å²) in [6, 6.07) is 0. The monoisotopic (exact) mass is 210 g/mol. The first-order chi connectivity index (χ1) is 6.80. The Balaban J connectivity index is 2.54. The van der Waals surface area contributed by atoms with Crippen molar-refractivity contribution in [1.29, 1.82) is 0 Å². The summed E-state index contributed by atoms with van der Waals surface area (Å²) < 4.78 is 1.72. The highest BCUT2D eigenvalue weighted by Gasteiger charge is 2.20. The molecule has 1 atom stereocenters. The van der Waals surface area contributed by atoms with E-state index in [2.05, 4.69) is 38.1 Å². The van der Waals surface area contributed by atoms with E-state index in [1.807, 2.05) is 13.2 Å². The molecule has 0 aliphatic carbocycles. The van der Waals surface area contributed by atoms with E-state index in [1.165, 1.54) is 0 Å². The highest BCUT2D eigenvalue weighted by molar-refractivity contribution is 5.59. The highest BCUT2D eigenvalue weighted by atomic mass is 15.3. The minimum Gasteiger partial charge on any atom is -0.394 e. The van der Waals surface area contributed by atoms with Crippen molar-refractivity contribution in [2.45, 2.75) is 27.7 Å². The van der Waals surface area contributed by atoms with Crippen LogP contribution in [0.2, 0.25) is 0 Å². The fraction of sp³-hybridized carbons (Fsp3) is 0.727. The molecule has 1 aromatic heterocycles. The van der Waals surface area contributed by atoms with E-state index >= 15 is 0 Å². The minimum absolute atomic E-state index is 0.302. The lowest BCUT2D eigenvalue weighted by atomic mass is 9.82. The lowest BCUT2D eigenvalue weighted by Gasteiger charge is -2.27. The third-order valence-electron chi connectivity index (χ3n) is 2.91. The molecule has 1 aromatic rings. The van der Waals surface area contributed by atoms with Crippen molar-refractivity contribution < 1.29 is 0 Å². The lowest BCUT2D eigenvalue weighted by Crippen LogP contribution is -2.25. The number of nitrogens with two attached hydrogens (primary N) is 1. The molecule has 0 aliphatic heterocycles. The maximum absolute atomic E-state index is 5.79. The molecule has 3 N–H and O–H groups in total. The molecule has 1 rings (SSSR count). The number of nitrogens with zero attached hydrogens (tertiary/aromatic N) is 2. The summed E-state index contributed by atoms with van der Waals surface area (Å²) in [6.45, 7) is 9.83. The van der Waals surface area contributed by atoms with Crippen LogP contribution in [0.4, 0.5) is 11.5 Å². The molecule has 0 aromatic carbocycles. The maximum atomic E-state index is 5.79. The Morgan fingerprint density at radius 1 is 1.53 bits per heavy atom. The number of anilines is 2. The molecule has 0 saturated carbocycles. The summed E-state index contributed by atoms with van der Waals surface area (Å²) >= 11 is 0. The Morgan fingerprint density at radius 3 is 2.53 bits per heavy atom. The molecule has 1 unspecified atom stereocenters. The molecule has 0 saturated heterocycles. The Morgan fingerprint density at radius 2 is 2.13 bits per heavy atom. The summed E-state index contributed by atoms with van der Waals surface area (Å²) in [5, 5.41) is 7.53. The van der Waals surface area contributed by atoms with Gasteiger partial charge in [0.1, 0.15) is 0 Å². The van der Waals surface area contributed by atoms with Crippen molar-refractivity contribution in [3.05, 3.63) is 6.20 Å². The molecule has 4 nitrogen and oxygen atoms in total. The average Bonchev–Trinajstić information content (AvgIpc) is 2.39. The van der Waals surface area contributed by atoms with Crippen LogP contribution in [-0.4, -0.2) is 16.3 Å². The van der Waals surface area contributed by atoms with Crippen LogP contribution >= 0.6 is 0 Å². The second-order valence-electron chi connectivity index (χ2n) is 5.25. The predicted octanol–water partition coefficient (Wildman–Crippen LogP) is 2.10. The summed E-state index contributed by atoms with van der Waals surface area (Å²) in [5.74, 6) is 1.35. The van der Waals surface area contributed by atoms with Gasteiger partial charge in [0.2, 0.25) is 0 Å². The molecule has 0 radical (unpaired) electrons. The summed E-state index contributed by atoms with van der Waals surface area (Å²) in [5.41, 5.74) is 6.80. The van der Waals surface area contributed by atoms with Crippen molar-refractivity contribution in [1.82, 2.24) is 9.78 Å². The zero-order chi connectivity index (χ0) is 11.6. The standard InChI is InChI=1S/C11H22N4/c1-8(11(2,3)4)6-13-10-9(12)7-15(5)14-10/h7-8H,6,12H2,1-5H3,(H,13,14). The van der Waals surface area contributed by atoms with Crippen molar-refractivity contribution >= 4 is 11.5 Å². The van der Waals surface area contributed by atoms with Crippen LogP contribution in [0.3, 0.4) is 0 Å². The maximum Gasteiger partial charge on any atom is 0.171 e. The van der Waals surface area contributed by atoms with E-state index in [0.717, 1.165) is 12.4 Å². The number of aromatic nitrogens is 2. The molecular formula is C11H22N4. The van der Waals surface area contributed by atoms with Crippen LogP contribution in [0, 0.1) is 11.3 Å². The molecule has 1 heterocycles. The molecule has 0 amide bonds. The van der Waals surface area contributed by atoms with Crippen LogP contribution in [0.5, 0.6) is 0 Å². The quantitative estimate of drug-likeness (QED) is 0.803. The van der Waals surface area contributed by atoms with E-state index in [4.69, 9.17) is 5.73 Å². The van der Waals surface area contributed by atoms with Gasteiger partial charge in [0.05, 0.1) is 5.69 Å². The second kappa shape index (κ2) is 4.13. The number of aryl methyl sites for hydroxylation is 1. The third-order valence-corrected chi connectivity index (χ3v) is 2.91. The van der Waals surface area contributed by atoms with Crippen LogP contribution < -0.4 is 11.1 Å². The van der Waals surface area contributed by atoms with E-state index in [0.29, 0.717) is 17.0 Å². The lowest BCUT2D eigenvalue weighted by molar-refractivity contribution is 0.274. The number of hydrogen-bond donors (Lipinski definition) is 2. The first-order valence-electron chi connectivity index (χ1n) is 5.33. The normalized spacial score (nSPS) is 13.9. The molecule has 0 fully saturated rings. The van der Waals surface area contributed by atoms with Crippen molar-refractivity contribution in [3.63, 3.8) is 0 Å². The van der Waals surface area contributed by atoms with Gasteiger partial charge in [-0.05, 0) is 11.3 Å². The first-order valence-corrected chi connectivity index (χ1v) is 5.33. The summed E-state index contributed by atoms with van der Waals surface area (Å²) in [4.78, 5) is 0.